The third-order valence-electron chi connectivity index (χ3n) is 4.93. The number of ether oxygens (including phenoxy) is 1. The molecule has 1 aliphatic rings. The van der Waals surface area contributed by atoms with Gasteiger partial charge in [0.2, 0.25) is 10.0 Å². The van der Waals surface area contributed by atoms with Gasteiger partial charge in [0, 0.05) is 0 Å². The maximum absolute atomic E-state index is 13.1. The SMILES string of the molecule is COc1cc(C)c(C)cc1S(=O)(=O)NC1(c2ccccc2)CCC1. The van der Waals surface area contributed by atoms with Gasteiger partial charge in [-0.05, 0) is 61.9 Å². The Bertz CT molecular complexity index is 840. The lowest BCUT2D eigenvalue weighted by Gasteiger charge is -2.42. The molecule has 0 atom stereocenters. The monoisotopic (exact) mass is 345 g/mol. The molecule has 0 saturated heterocycles. The lowest BCUT2D eigenvalue weighted by molar-refractivity contribution is 0.224. The molecule has 0 spiro atoms. The van der Waals surface area contributed by atoms with Crippen molar-refractivity contribution in [2.75, 3.05) is 7.11 Å². The molecule has 0 aromatic heterocycles. The fraction of sp³-hybridized carbons (Fsp3) is 0.368. The van der Waals surface area contributed by atoms with Crippen LogP contribution in [-0.2, 0) is 15.6 Å². The Labute approximate surface area is 143 Å². The van der Waals surface area contributed by atoms with Gasteiger partial charge in [0.05, 0.1) is 12.6 Å². The van der Waals surface area contributed by atoms with Crippen LogP contribution in [0.3, 0.4) is 0 Å². The summed E-state index contributed by atoms with van der Waals surface area (Å²) in [5.74, 6) is 0.383. The molecule has 1 aliphatic carbocycles. The smallest absolute Gasteiger partial charge is 0.245 e. The van der Waals surface area contributed by atoms with E-state index >= 15 is 0 Å². The highest BCUT2D eigenvalue weighted by molar-refractivity contribution is 7.89. The second-order valence-corrected chi connectivity index (χ2v) is 8.15. The van der Waals surface area contributed by atoms with Crippen molar-refractivity contribution in [3.8, 4) is 5.75 Å². The van der Waals surface area contributed by atoms with Crippen molar-refractivity contribution in [1.82, 2.24) is 4.72 Å². The standard InChI is InChI=1S/C19H23NO3S/c1-14-12-17(23-3)18(13-15(14)2)24(21,22)20-19(10-7-11-19)16-8-5-4-6-9-16/h4-6,8-9,12-13,20H,7,10-11H2,1-3H3. The Hall–Kier alpha value is -1.85. The summed E-state index contributed by atoms with van der Waals surface area (Å²) >= 11 is 0. The highest BCUT2D eigenvalue weighted by Crippen LogP contribution is 2.43. The molecule has 0 amide bonds. The molecule has 1 saturated carbocycles. The number of benzene rings is 2. The van der Waals surface area contributed by atoms with Crippen LogP contribution in [0.5, 0.6) is 5.75 Å². The quantitative estimate of drug-likeness (QED) is 0.899. The summed E-state index contributed by atoms with van der Waals surface area (Å²) in [6.45, 7) is 3.85. The van der Waals surface area contributed by atoms with Crippen molar-refractivity contribution in [1.29, 1.82) is 0 Å². The summed E-state index contributed by atoms with van der Waals surface area (Å²) < 4.78 is 34.4. The van der Waals surface area contributed by atoms with Gasteiger partial charge in [-0.3, -0.25) is 0 Å². The molecule has 128 valence electrons. The van der Waals surface area contributed by atoms with Crippen LogP contribution in [0.1, 0.15) is 36.0 Å². The highest BCUT2D eigenvalue weighted by atomic mass is 32.2. The van der Waals surface area contributed by atoms with E-state index in [4.69, 9.17) is 4.74 Å². The van der Waals surface area contributed by atoms with E-state index < -0.39 is 15.6 Å². The largest absolute Gasteiger partial charge is 0.495 e. The van der Waals surface area contributed by atoms with Crippen LogP contribution in [-0.4, -0.2) is 15.5 Å². The minimum Gasteiger partial charge on any atom is -0.495 e. The molecule has 2 aromatic rings. The molecular formula is C19H23NO3S. The second kappa shape index (κ2) is 6.22. The molecule has 3 rings (SSSR count). The van der Waals surface area contributed by atoms with Crippen LogP contribution in [0.4, 0.5) is 0 Å². The molecule has 4 nitrogen and oxygen atoms in total. The van der Waals surface area contributed by atoms with E-state index in [2.05, 4.69) is 4.72 Å². The zero-order chi connectivity index (χ0) is 17.4. The minimum atomic E-state index is -3.68. The maximum atomic E-state index is 13.1. The van der Waals surface area contributed by atoms with Crippen LogP contribution >= 0.6 is 0 Å². The van der Waals surface area contributed by atoms with Crippen LogP contribution in [0.2, 0.25) is 0 Å². The molecule has 0 heterocycles. The summed E-state index contributed by atoms with van der Waals surface area (Å²) in [4.78, 5) is 0.204. The number of hydrogen-bond acceptors (Lipinski definition) is 3. The van der Waals surface area contributed by atoms with Crippen molar-refractivity contribution in [3.63, 3.8) is 0 Å². The number of hydrogen-bond donors (Lipinski definition) is 1. The third-order valence-corrected chi connectivity index (χ3v) is 6.49. The summed E-state index contributed by atoms with van der Waals surface area (Å²) in [6.07, 6.45) is 2.63. The molecule has 0 radical (unpaired) electrons. The molecular weight excluding hydrogens is 322 g/mol. The van der Waals surface area contributed by atoms with Crippen molar-refractivity contribution in [3.05, 3.63) is 59.2 Å². The number of methoxy groups -OCH3 is 1. The third kappa shape index (κ3) is 2.94. The Morgan fingerprint density at radius 1 is 1.04 bits per heavy atom. The average Bonchev–Trinajstić information content (AvgIpc) is 2.54. The van der Waals surface area contributed by atoms with Gasteiger partial charge in [0.1, 0.15) is 10.6 Å². The van der Waals surface area contributed by atoms with E-state index in [0.29, 0.717) is 5.75 Å². The topological polar surface area (TPSA) is 55.4 Å². The van der Waals surface area contributed by atoms with Crippen molar-refractivity contribution < 1.29 is 13.2 Å². The van der Waals surface area contributed by atoms with E-state index in [-0.39, 0.29) is 4.90 Å². The van der Waals surface area contributed by atoms with Gasteiger partial charge in [-0.1, -0.05) is 30.3 Å². The number of nitrogens with one attached hydrogen (secondary N) is 1. The molecule has 0 unspecified atom stereocenters. The normalized spacial score (nSPS) is 16.5. The zero-order valence-corrected chi connectivity index (χ0v) is 15.1. The summed E-state index contributed by atoms with van der Waals surface area (Å²) in [5, 5.41) is 0. The number of sulfonamides is 1. The van der Waals surface area contributed by atoms with E-state index in [1.54, 1.807) is 12.1 Å². The molecule has 5 heteroatoms. The van der Waals surface area contributed by atoms with Crippen LogP contribution < -0.4 is 9.46 Å². The molecule has 1 N–H and O–H groups in total. The first-order valence-corrected chi connectivity index (χ1v) is 9.61. The number of rotatable bonds is 5. The van der Waals surface area contributed by atoms with E-state index in [1.165, 1.54) is 7.11 Å². The molecule has 2 aromatic carbocycles. The average molecular weight is 345 g/mol. The van der Waals surface area contributed by atoms with Crippen LogP contribution in [0.15, 0.2) is 47.4 Å². The Kier molecular flexibility index (Phi) is 4.40. The Balaban J connectivity index is 2.02. The minimum absolute atomic E-state index is 0.204. The van der Waals surface area contributed by atoms with E-state index in [9.17, 15) is 8.42 Å². The van der Waals surface area contributed by atoms with E-state index in [1.807, 2.05) is 44.2 Å². The molecule has 24 heavy (non-hydrogen) atoms. The van der Waals surface area contributed by atoms with Gasteiger partial charge >= 0.3 is 0 Å². The van der Waals surface area contributed by atoms with E-state index in [0.717, 1.165) is 36.0 Å². The molecule has 1 fully saturated rings. The first-order valence-electron chi connectivity index (χ1n) is 8.13. The van der Waals surface area contributed by atoms with Gasteiger partial charge < -0.3 is 4.74 Å². The highest BCUT2D eigenvalue weighted by Gasteiger charge is 2.42. The number of aryl methyl sites for hydroxylation is 2. The fourth-order valence-electron chi connectivity index (χ4n) is 3.18. The zero-order valence-electron chi connectivity index (χ0n) is 14.3. The van der Waals surface area contributed by atoms with Gasteiger partial charge in [0.15, 0.2) is 0 Å². The van der Waals surface area contributed by atoms with Crippen LogP contribution in [0, 0.1) is 13.8 Å². The van der Waals surface area contributed by atoms with Gasteiger partial charge in [-0.2, -0.15) is 0 Å². The van der Waals surface area contributed by atoms with Gasteiger partial charge in [-0.25, -0.2) is 13.1 Å². The molecule has 0 aliphatic heterocycles. The van der Waals surface area contributed by atoms with Gasteiger partial charge in [0.25, 0.3) is 0 Å². The van der Waals surface area contributed by atoms with Crippen molar-refractivity contribution >= 4 is 10.0 Å². The Morgan fingerprint density at radius 3 is 2.21 bits per heavy atom. The predicted molar refractivity (Wildman–Crippen MR) is 94.8 cm³/mol. The van der Waals surface area contributed by atoms with Crippen molar-refractivity contribution in [2.24, 2.45) is 0 Å². The lowest BCUT2D eigenvalue weighted by Crippen LogP contribution is -2.50. The summed E-state index contributed by atoms with van der Waals surface area (Å²) in [6, 6.07) is 13.3. The summed E-state index contributed by atoms with van der Waals surface area (Å²) in [7, 11) is -2.18. The fourth-order valence-corrected chi connectivity index (χ4v) is 4.87. The Morgan fingerprint density at radius 2 is 1.67 bits per heavy atom. The first-order chi connectivity index (χ1) is 11.4. The first kappa shape index (κ1) is 17.0. The lowest BCUT2D eigenvalue weighted by atomic mass is 9.73. The van der Waals surface area contributed by atoms with Crippen molar-refractivity contribution in [2.45, 2.75) is 43.5 Å². The predicted octanol–water partition coefficient (Wildman–Crippen LogP) is 3.67. The maximum Gasteiger partial charge on any atom is 0.245 e. The molecule has 0 bridgehead atoms. The summed E-state index contributed by atoms with van der Waals surface area (Å²) in [5.41, 5.74) is 2.44. The second-order valence-electron chi connectivity index (χ2n) is 6.49. The van der Waals surface area contributed by atoms with Crippen LogP contribution in [0.25, 0.3) is 0 Å². The van der Waals surface area contributed by atoms with Gasteiger partial charge in [-0.15, -0.1) is 0 Å².